The van der Waals surface area contributed by atoms with E-state index in [9.17, 15) is 4.79 Å². The van der Waals surface area contributed by atoms with Crippen molar-refractivity contribution >= 4 is 5.78 Å². The van der Waals surface area contributed by atoms with Gasteiger partial charge in [-0.1, -0.05) is 18.1 Å². The van der Waals surface area contributed by atoms with Gasteiger partial charge in [-0.15, -0.1) is 6.58 Å². The molecule has 0 saturated heterocycles. The lowest BCUT2D eigenvalue weighted by Crippen LogP contribution is -2.44. The molecule has 0 bridgehead atoms. The Hall–Kier alpha value is -0.850. The molecule has 3 saturated carbocycles. The molecular weight excluding hydrogens is 244 g/mol. The molecule has 4 rings (SSSR count). The normalized spacial score (nSPS) is 47.0. The van der Waals surface area contributed by atoms with Gasteiger partial charge in [0.25, 0.3) is 0 Å². The number of allylic oxidation sites excluding steroid dienone is 2. The highest BCUT2D eigenvalue weighted by Gasteiger charge is 2.53. The molecule has 0 aromatic heterocycles. The molecule has 4 aliphatic rings. The van der Waals surface area contributed by atoms with Crippen molar-refractivity contribution in [3.8, 4) is 0 Å². The Morgan fingerprint density at radius 2 is 2.00 bits per heavy atom. The fraction of sp³-hybridized carbons (Fsp3) is 0.737. The monoisotopic (exact) mass is 270 g/mol. The summed E-state index contributed by atoms with van der Waals surface area (Å²) in [6.07, 6.45) is 15.8. The van der Waals surface area contributed by atoms with E-state index >= 15 is 0 Å². The summed E-state index contributed by atoms with van der Waals surface area (Å²) < 4.78 is 0. The Labute approximate surface area is 122 Å². The molecule has 0 amide bonds. The van der Waals surface area contributed by atoms with Crippen LogP contribution in [0.4, 0.5) is 0 Å². The van der Waals surface area contributed by atoms with E-state index in [2.05, 4.69) is 12.7 Å². The van der Waals surface area contributed by atoms with Crippen LogP contribution in [0.15, 0.2) is 24.3 Å². The molecule has 3 fully saturated rings. The van der Waals surface area contributed by atoms with Gasteiger partial charge in [0.2, 0.25) is 0 Å². The lowest BCUT2D eigenvalue weighted by Gasteiger charge is -2.53. The summed E-state index contributed by atoms with van der Waals surface area (Å²) in [6, 6.07) is 0. The highest BCUT2D eigenvalue weighted by Crippen LogP contribution is 2.62. The predicted octanol–water partition coefficient (Wildman–Crippen LogP) is 4.68. The molecule has 0 spiro atoms. The van der Waals surface area contributed by atoms with Crippen molar-refractivity contribution < 1.29 is 4.79 Å². The maximum atomic E-state index is 11.7. The van der Waals surface area contributed by atoms with Crippen LogP contribution in [0.3, 0.4) is 0 Å². The van der Waals surface area contributed by atoms with Crippen LogP contribution in [0, 0.1) is 29.1 Å². The molecule has 0 unspecified atom stereocenters. The summed E-state index contributed by atoms with van der Waals surface area (Å²) in [5.74, 6) is 3.82. The fourth-order valence-corrected chi connectivity index (χ4v) is 6.24. The number of hydrogen-bond donors (Lipinski definition) is 0. The van der Waals surface area contributed by atoms with Gasteiger partial charge in [-0.05, 0) is 80.1 Å². The summed E-state index contributed by atoms with van der Waals surface area (Å²) in [7, 11) is 0. The predicted molar refractivity (Wildman–Crippen MR) is 81.2 cm³/mol. The molecule has 0 aromatic rings. The van der Waals surface area contributed by atoms with Crippen LogP contribution in [0.2, 0.25) is 0 Å². The van der Waals surface area contributed by atoms with Crippen molar-refractivity contribution in [3.63, 3.8) is 0 Å². The Morgan fingerprint density at radius 1 is 1.10 bits per heavy atom. The van der Waals surface area contributed by atoms with Gasteiger partial charge in [0, 0.05) is 6.42 Å². The number of rotatable bonds is 1. The van der Waals surface area contributed by atoms with Crippen molar-refractivity contribution in [3.05, 3.63) is 24.3 Å². The third kappa shape index (κ3) is 1.71. The average Bonchev–Trinajstić information content (AvgIpc) is 2.91. The maximum absolute atomic E-state index is 11.7. The number of ketones is 1. The first-order valence-electron chi connectivity index (χ1n) is 8.60. The second-order valence-electron chi connectivity index (χ2n) is 7.67. The van der Waals surface area contributed by atoms with Crippen molar-refractivity contribution in [1.82, 2.24) is 0 Å². The van der Waals surface area contributed by atoms with Crippen LogP contribution in [-0.4, -0.2) is 5.78 Å². The van der Waals surface area contributed by atoms with Crippen molar-refractivity contribution in [2.24, 2.45) is 29.1 Å². The molecule has 0 aromatic carbocycles. The summed E-state index contributed by atoms with van der Waals surface area (Å²) in [4.78, 5) is 11.7. The average molecular weight is 270 g/mol. The van der Waals surface area contributed by atoms with E-state index < -0.39 is 0 Å². The molecule has 4 aliphatic carbocycles. The minimum atomic E-state index is 0.381. The SMILES string of the molecule is C=C[C@@]12CCC[C@H]1[C@@H]1CCC3=CC(=O)CC[C@@H]3[C@H]1CC2. The summed E-state index contributed by atoms with van der Waals surface area (Å²) in [5.41, 5.74) is 1.99. The van der Waals surface area contributed by atoms with Crippen molar-refractivity contribution in [1.29, 1.82) is 0 Å². The van der Waals surface area contributed by atoms with Gasteiger partial charge >= 0.3 is 0 Å². The van der Waals surface area contributed by atoms with Crippen LogP contribution >= 0.6 is 0 Å². The zero-order chi connectivity index (χ0) is 13.7. The Kier molecular flexibility index (Phi) is 2.94. The second-order valence-corrected chi connectivity index (χ2v) is 7.67. The lowest BCUT2D eigenvalue weighted by atomic mass is 9.52. The minimum Gasteiger partial charge on any atom is -0.295 e. The molecule has 5 atom stereocenters. The number of hydrogen-bond acceptors (Lipinski definition) is 1. The Morgan fingerprint density at radius 3 is 2.85 bits per heavy atom. The maximum Gasteiger partial charge on any atom is 0.155 e. The molecule has 0 aliphatic heterocycles. The highest BCUT2D eigenvalue weighted by atomic mass is 16.1. The van der Waals surface area contributed by atoms with Gasteiger partial charge in [-0.2, -0.15) is 0 Å². The lowest BCUT2D eigenvalue weighted by molar-refractivity contribution is -0.115. The first kappa shape index (κ1) is 12.9. The van der Waals surface area contributed by atoms with E-state index in [1.165, 1.54) is 50.5 Å². The molecule has 0 radical (unpaired) electrons. The Balaban J connectivity index is 1.64. The van der Waals surface area contributed by atoms with E-state index in [1.807, 2.05) is 6.08 Å². The summed E-state index contributed by atoms with van der Waals surface area (Å²) in [5, 5.41) is 0. The molecule has 1 nitrogen and oxygen atoms in total. The van der Waals surface area contributed by atoms with Gasteiger partial charge in [0.15, 0.2) is 5.78 Å². The molecule has 0 N–H and O–H groups in total. The first-order chi connectivity index (χ1) is 9.73. The fourth-order valence-electron chi connectivity index (χ4n) is 6.24. The van der Waals surface area contributed by atoms with Gasteiger partial charge in [0.05, 0.1) is 0 Å². The van der Waals surface area contributed by atoms with E-state index in [-0.39, 0.29) is 0 Å². The zero-order valence-electron chi connectivity index (χ0n) is 12.4. The quantitative estimate of drug-likeness (QED) is 0.632. The summed E-state index contributed by atoms with van der Waals surface area (Å²) >= 11 is 0. The van der Waals surface area contributed by atoms with E-state index in [0.717, 1.165) is 36.5 Å². The van der Waals surface area contributed by atoms with E-state index in [4.69, 9.17) is 0 Å². The molecule has 20 heavy (non-hydrogen) atoms. The largest absolute Gasteiger partial charge is 0.295 e. The van der Waals surface area contributed by atoms with E-state index in [1.54, 1.807) is 0 Å². The minimum absolute atomic E-state index is 0.381. The second kappa shape index (κ2) is 4.58. The standard InChI is InChI=1S/C19H26O/c1-2-19-10-3-4-18(19)17-7-5-13-12-14(20)6-8-15(13)16(17)9-11-19/h2,12,15-18H,1,3-11H2/t15-,16+,17+,18-,19-/m0/s1. The van der Waals surface area contributed by atoms with Gasteiger partial charge in [-0.3, -0.25) is 4.79 Å². The third-order valence-electron chi connectivity index (χ3n) is 7.12. The summed E-state index contributed by atoms with van der Waals surface area (Å²) in [6.45, 7) is 4.19. The van der Waals surface area contributed by atoms with Crippen LogP contribution in [-0.2, 0) is 4.79 Å². The van der Waals surface area contributed by atoms with Crippen LogP contribution < -0.4 is 0 Å². The Bertz CT molecular complexity index is 474. The van der Waals surface area contributed by atoms with Crippen molar-refractivity contribution in [2.75, 3.05) is 0 Å². The first-order valence-corrected chi connectivity index (χ1v) is 8.60. The zero-order valence-corrected chi connectivity index (χ0v) is 12.4. The smallest absolute Gasteiger partial charge is 0.155 e. The third-order valence-corrected chi connectivity index (χ3v) is 7.12. The van der Waals surface area contributed by atoms with Crippen LogP contribution in [0.25, 0.3) is 0 Å². The van der Waals surface area contributed by atoms with E-state index in [0.29, 0.717) is 11.2 Å². The number of carbonyl (C=O) groups excluding carboxylic acids is 1. The van der Waals surface area contributed by atoms with Crippen LogP contribution in [0.5, 0.6) is 0 Å². The topological polar surface area (TPSA) is 17.1 Å². The highest BCUT2D eigenvalue weighted by molar-refractivity contribution is 5.91. The van der Waals surface area contributed by atoms with Crippen molar-refractivity contribution in [2.45, 2.75) is 57.8 Å². The molecule has 108 valence electrons. The molecule has 0 heterocycles. The molecule has 1 heteroatoms. The number of carbonyl (C=O) groups is 1. The van der Waals surface area contributed by atoms with Gasteiger partial charge in [0.1, 0.15) is 0 Å². The van der Waals surface area contributed by atoms with Gasteiger partial charge < -0.3 is 0 Å². The number of fused-ring (bicyclic) bond motifs is 5. The van der Waals surface area contributed by atoms with Gasteiger partial charge in [-0.25, -0.2) is 0 Å². The van der Waals surface area contributed by atoms with Crippen LogP contribution in [0.1, 0.15) is 57.8 Å². The molecular formula is C19H26O.